The van der Waals surface area contributed by atoms with Gasteiger partial charge in [0.1, 0.15) is 0 Å². The molecule has 1 amide bonds. The van der Waals surface area contributed by atoms with Crippen LogP contribution in [0.2, 0.25) is 0 Å². The minimum absolute atomic E-state index is 0. The van der Waals surface area contributed by atoms with E-state index in [0.717, 1.165) is 43.0 Å². The molecule has 1 aliphatic rings. The third-order valence-corrected chi connectivity index (χ3v) is 4.02. The number of nitrogens with one attached hydrogen (secondary N) is 2. The molecule has 2 rings (SSSR count). The van der Waals surface area contributed by atoms with Crippen molar-refractivity contribution in [1.29, 1.82) is 0 Å². The molecule has 0 radical (unpaired) electrons. The van der Waals surface area contributed by atoms with E-state index in [9.17, 15) is 4.79 Å². The van der Waals surface area contributed by atoms with Gasteiger partial charge in [0.15, 0.2) is 5.96 Å². The lowest BCUT2D eigenvalue weighted by atomic mass is 10.1. The van der Waals surface area contributed by atoms with Crippen LogP contribution in [0.5, 0.6) is 0 Å². The van der Waals surface area contributed by atoms with Crippen molar-refractivity contribution < 1.29 is 4.79 Å². The van der Waals surface area contributed by atoms with Crippen molar-refractivity contribution in [1.82, 2.24) is 15.5 Å². The van der Waals surface area contributed by atoms with Crippen molar-refractivity contribution in [2.24, 2.45) is 4.99 Å². The Balaban J connectivity index is 0.00000312. The van der Waals surface area contributed by atoms with Crippen LogP contribution in [0.15, 0.2) is 29.3 Å². The largest absolute Gasteiger partial charge is 0.352 e. The third kappa shape index (κ3) is 7.22. The number of piperidine rings is 1. The molecule has 1 aliphatic heterocycles. The Morgan fingerprint density at radius 2 is 1.72 bits per heavy atom. The number of rotatable bonds is 3. The molecular weight excluding hydrogens is 427 g/mol. The van der Waals surface area contributed by atoms with Crippen molar-refractivity contribution in [2.45, 2.75) is 52.1 Å². The summed E-state index contributed by atoms with van der Waals surface area (Å²) in [5, 5.41) is 6.62. The maximum atomic E-state index is 12.5. The van der Waals surface area contributed by atoms with E-state index < -0.39 is 0 Å². The standard InChI is InChI=1S/C19H30N4O.HI/c1-19(2,3)22-18(20-4)21-14-15-8-10-16(11-9-15)17(24)23-12-6-5-7-13-23;/h8-11H,5-7,12-14H2,1-4H3,(H2,20,21,22);1H. The maximum absolute atomic E-state index is 12.5. The summed E-state index contributed by atoms with van der Waals surface area (Å²) in [7, 11) is 1.77. The topological polar surface area (TPSA) is 56.7 Å². The fourth-order valence-electron chi connectivity index (χ4n) is 2.76. The molecule has 0 unspecified atom stereocenters. The highest BCUT2D eigenvalue weighted by Gasteiger charge is 2.18. The van der Waals surface area contributed by atoms with Crippen LogP contribution in [0.3, 0.4) is 0 Å². The number of likely N-dealkylation sites (tertiary alicyclic amines) is 1. The van der Waals surface area contributed by atoms with Crippen LogP contribution in [0.4, 0.5) is 0 Å². The Hall–Kier alpha value is -1.31. The first kappa shape index (κ1) is 21.7. The molecule has 0 atom stereocenters. The normalized spacial score (nSPS) is 15.4. The Labute approximate surface area is 168 Å². The van der Waals surface area contributed by atoms with Gasteiger partial charge in [0.25, 0.3) is 5.91 Å². The van der Waals surface area contributed by atoms with E-state index in [4.69, 9.17) is 0 Å². The van der Waals surface area contributed by atoms with Gasteiger partial charge in [-0.1, -0.05) is 12.1 Å². The number of aliphatic imine (C=N–C) groups is 1. The molecule has 5 nitrogen and oxygen atoms in total. The average Bonchev–Trinajstić information content (AvgIpc) is 2.58. The molecule has 0 aliphatic carbocycles. The summed E-state index contributed by atoms with van der Waals surface area (Å²) in [6.45, 7) is 8.74. The first-order chi connectivity index (χ1) is 11.4. The van der Waals surface area contributed by atoms with E-state index in [1.54, 1.807) is 7.05 Å². The van der Waals surface area contributed by atoms with Crippen LogP contribution in [0.25, 0.3) is 0 Å². The highest BCUT2D eigenvalue weighted by molar-refractivity contribution is 14.0. The Morgan fingerprint density at radius 3 is 2.24 bits per heavy atom. The van der Waals surface area contributed by atoms with Crippen molar-refractivity contribution in [3.63, 3.8) is 0 Å². The highest BCUT2D eigenvalue weighted by atomic mass is 127. The minimum atomic E-state index is -0.0352. The summed E-state index contributed by atoms with van der Waals surface area (Å²) in [5.74, 6) is 0.926. The van der Waals surface area contributed by atoms with Gasteiger partial charge in [-0.05, 0) is 57.7 Å². The lowest BCUT2D eigenvalue weighted by Crippen LogP contribution is -2.47. The van der Waals surface area contributed by atoms with Gasteiger partial charge in [0, 0.05) is 37.8 Å². The van der Waals surface area contributed by atoms with Crippen LogP contribution < -0.4 is 10.6 Å². The minimum Gasteiger partial charge on any atom is -0.352 e. The molecule has 0 saturated carbocycles. The Bertz CT molecular complexity index is 572. The molecule has 140 valence electrons. The molecule has 6 heteroatoms. The van der Waals surface area contributed by atoms with E-state index >= 15 is 0 Å². The van der Waals surface area contributed by atoms with Gasteiger partial charge in [-0.25, -0.2) is 0 Å². The predicted octanol–water partition coefficient (Wildman–Crippen LogP) is 3.39. The first-order valence-corrected chi connectivity index (χ1v) is 8.76. The van der Waals surface area contributed by atoms with Crippen molar-refractivity contribution in [2.75, 3.05) is 20.1 Å². The van der Waals surface area contributed by atoms with Crippen molar-refractivity contribution >= 4 is 35.8 Å². The number of guanidine groups is 1. The monoisotopic (exact) mass is 458 g/mol. The number of amides is 1. The summed E-state index contributed by atoms with van der Waals surface area (Å²) in [6.07, 6.45) is 3.47. The van der Waals surface area contributed by atoms with Crippen LogP contribution in [0.1, 0.15) is 56.0 Å². The second-order valence-corrected chi connectivity index (χ2v) is 7.35. The van der Waals surface area contributed by atoms with Gasteiger partial charge < -0.3 is 15.5 Å². The molecule has 1 aromatic carbocycles. The van der Waals surface area contributed by atoms with Crippen molar-refractivity contribution in [3.8, 4) is 0 Å². The number of hydrogen-bond acceptors (Lipinski definition) is 2. The van der Waals surface area contributed by atoms with Gasteiger partial charge in [0.05, 0.1) is 0 Å². The van der Waals surface area contributed by atoms with Gasteiger partial charge in [-0.2, -0.15) is 0 Å². The number of carbonyl (C=O) groups excluding carboxylic acids is 1. The summed E-state index contributed by atoms with van der Waals surface area (Å²) < 4.78 is 0. The summed E-state index contributed by atoms with van der Waals surface area (Å²) >= 11 is 0. The predicted molar refractivity (Wildman–Crippen MR) is 115 cm³/mol. The molecule has 1 aromatic rings. The van der Waals surface area contributed by atoms with E-state index in [2.05, 4.69) is 36.4 Å². The zero-order valence-electron chi connectivity index (χ0n) is 15.8. The molecule has 0 aromatic heterocycles. The molecule has 1 heterocycles. The van der Waals surface area contributed by atoms with Gasteiger partial charge in [-0.3, -0.25) is 9.79 Å². The van der Waals surface area contributed by atoms with Crippen LogP contribution in [0, 0.1) is 0 Å². The van der Waals surface area contributed by atoms with E-state index in [1.165, 1.54) is 6.42 Å². The summed E-state index contributed by atoms with van der Waals surface area (Å²) in [5.41, 5.74) is 1.87. The number of benzene rings is 1. The van der Waals surface area contributed by atoms with Gasteiger partial charge in [0.2, 0.25) is 0 Å². The van der Waals surface area contributed by atoms with Gasteiger partial charge in [-0.15, -0.1) is 24.0 Å². The fourth-order valence-corrected chi connectivity index (χ4v) is 2.76. The Morgan fingerprint density at radius 1 is 1.12 bits per heavy atom. The molecule has 25 heavy (non-hydrogen) atoms. The molecular formula is C19H31IN4O. The van der Waals surface area contributed by atoms with Crippen LogP contribution >= 0.6 is 24.0 Å². The van der Waals surface area contributed by atoms with E-state index in [-0.39, 0.29) is 35.4 Å². The zero-order chi connectivity index (χ0) is 17.6. The van der Waals surface area contributed by atoms with Crippen LogP contribution in [-0.2, 0) is 6.54 Å². The second-order valence-electron chi connectivity index (χ2n) is 7.35. The highest BCUT2D eigenvalue weighted by Crippen LogP contribution is 2.14. The summed E-state index contributed by atoms with van der Waals surface area (Å²) in [6, 6.07) is 7.87. The molecule has 0 spiro atoms. The molecule has 1 saturated heterocycles. The lowest BCUT2D eigenvalue weighted by molar-refractivity contribution is 0.0724. The fraction of sp³-hybridized carbons (Fsp3) is 0.579. The van der Waals surface area contributed by atoms with Crippen molar-refractivity contribution in [3.05, 3.63) is 35.4 Å². The molecule has 0 bridgehead atoms. The Kier molecular flexibility index (Phi) is 8.68. The SMILES string of the molecule is CN=C(NCc1ccc(C(=O)N2CCCCC2)cc1)NC(C)(C)C.I. The zero-order valence-corrected chi connectivity index (χ0v) is 18.1. The number of halogens is 1. The number of carbonyl (C=O) groups is 1. The number of hydrogen-bond donors (Lipinski definition) is 2. The average molecular weight is 458 g/mol. The summed E-state index contributed by atoms with van der Waals surface area (Å²) in [4.78, 5) is 18.7. The smallest absolute Gasteiger partial charge is 0.253 e. The first-order valence-electron chi connectivity index (χ1n) is 8.76. The molecule has 1 fully saturated rings. The number of nitrogens with zero attached hydrogens (tertiary/aromatic N) is 2. The second kappa shape index (κ2) is 9.99. The van der Waals surface area contributed by atoms with Gasteiger partial charge >= 0.3 is 0 Å². The maximum Gasteiger partial charge on any atom is 0.253 e. The lowest BCUT2D eigenvalue weighted by Gasteiger charge is -2.26. The molecule has 2 N–H and O–H groups in total. The van der Waals surface area contributed by atoms with Crippen LogP contribution in [-0.4, -0.2) is 42.4 Å². The van der Waals surface area contributed by atoms with E-state index in [0.29, 0.717) is 6.54 Å². The quantitative estimate of drug-likeness (QED) is 0.415. The third-order valence-electron chi connectivity index (χ3n) is 4.02. The van der Waals surface area contributed by atoms with E-state index in [1.807, 2.05) is 29.2 Å².